The molecule has 0 saturated carbocycles. The standard InChI is InChI=1S/C9H9ClN2.C2H6/c1-6-11-5-7-4-8(10)2-3-9(7)12-6;1-2/h2-4H,5H2,1H3,(H,11,12);1-2H3. The number of rotatable bonds is 0. The van der Waals surface area contributed by atoms with Crippen molar-refractivity contribution in [3.8, 4) is 0 Å². The normalized spacial score (nSPS) is 13.0. The molecule has 0 saturated heterocycles. The van der Waals surface area contributed by atoms with E-state index in [9.17, 15) is 0 Å². The Bertz CT molecular complexity index is 345. The molecule has 0 aromatic heterocycles. The quantitative estimate of drug-likeness (QED) is 0.694. The highest BCUT2D eigenvalue weighted by molar-refractivity contribution is 6.30. The average molecular weight is 211 g/mol. The first kappa shape index (κ1) is 11.1. The van der Waals surface area contributed by atoms with Gasteiger partial charge in [-0.15, -0.1) is 0 Å². The average Bonchev–Trinajstić information content (AvgIpc) is 2.21. The molecule has 2 nitrogen and oxygen atoms in total. The van der Waals surface area contributed by atoms with Crippen LogP contribution in [-0.4, -0.2) is 5.84 Å². The van der Waals surface area contributed by atoms with E-state index < -0.39 is 0 Å². The van der Waals surface area contributed by atoms with Gasteiger partial charge in [-0.3, -0.25) is 4.99 Å². The molecule has 0 atom stereocenters. The lowest BCUT2D eigenvalue weighted by Gasteiger charge is -2.15. The molecule has 0 fully saturated rings. The highest BCUT2D eigenvalue weighted by Crippen LogP contribution is 2.23. The summed E-state index contributed by atoms with van der Waals surface area (Å²) in [6, 6.07) is 5.81. The predicted octanol–water partition coefficient (Wildman–Crippen LogP) is 3.71. The first-order chi connectivity index (χ1) is 6.75. The minimum atomic E-state index is 0.731. The van der Waals surface area contributed by atoms with Gasteiger partial charge >= 0.3 is 0 Å². The summed E-state index contributed by atoms with van der Waals surface area (Å²) in [6.07, 6.45) is 0. The Labute approximate surface area is 90.0 Å². The van der Waals surface area contributed by atoms with Crippen LogP contribution in [-0.2, 0) is 6.54 Å². The van der Waals surface area contributed by atoms with Crippen molar-refractivity contribution in [1.82, 2.24) is 0 Å². The van der Waals surface area contributed by atoms with Gasteiger partial charge in [-0.25, -0.2) is 0 Å². The van der Waals surface area contributed by atoms with Gasteiger partial charge < -0.3 is 5.32 Å². The number of nitrogens with one attached hydrogen (secondary N) is 1. The third kappa shape index (κ3) is 2.48. The Morgan fingerprint density at radius 1 is 1.36 bits per heavy atom. The molecule has 1 heterocycles. The van der Waals surface area contributed by atoms with Crippen LogP contribution in [0.2, 0.25) is 5.02 Å². The second-order valence-corrected chi connectivity index (χ2v) is 3.26. The summed E-state index contributed by atoms with van der Waals surface area (Å²) in [7, 11) is 0. The van der Waals surface area contributed by atoms with Crippen molar-refractivity contribution in [1.29, 1.82) is 0 Å². The minimum Gasteiger partial charge on any atom is -0.344 e. The first-order valence-electron chi connectivity index (χ1n) is 4.82. The van der Waals surface area contributed by atoms with Gasteiger partial charge in [0.15, 0.2) is 0 Å². The Morgan fingerprint density at radius 2 is 2.07 bits per heavy atom. The molecule has 3 heteroatoms. The molecule has 1 aromatic rings. The summed E-state index contributed by atoms with van der Waals surface area (Å²) in [5.41, 5.74) is 2.28. The molecule has 1 aromatic carbocycles. The van der Waals surface area contributed by atoms with Crippen LogP contribution in [0.15, 0.2) is 23.2 Å². The molecular formula is C11H15ClN2. The molecular weight excluding hydrogens is 196 g/mol. The van der Waals surface area contributed by atoms with E-state index in [2.05, 4.69) is 10.3 Å². The summed E-state index contributed by atoms with van der Waals surface area (Å²) in [5.74, 6) is 0.963. The molecule has 2 rings (SSSR count). The molecule has 14 heavy (non-hydrogen) atoms. The van der Waals surface area contributed by atoms with Gasteiger partial charge in [0.2, 0.25) is 0 Å². The van der Waals surface area contributed by atoms with Crippen LogP contribution in [0, 0.1) is 0 Å². The molecule has 0 radical (unpaired) electrons. The fourth-order valence-electron chi connectivity index (χ4n) is 1.25. The third-order valence-corrected chi connectivity index (χ3v) is 2.10. The van der Waals surface area contributed by atoms with E-state index >= 15 is 0 Å². The predicted molar refractivity (Wildman–Crippen MR) is 63.2 cm³/mol. The van der Waals surface area contributed by atoms with Gasteiger partial charge in [-0.1, -0.05) is 25.4 Å². The van der Waals surface area contributed by atoms with Gasteiger partial charge in [-0.05, 0) is 30.7 Å². The maximum absolute atomic E-state index is 5.84. The van der Waals surface area contributed by atoms with Crippen molar-refractivity contribution in [2.45, 2.75) is 27.3 Å². The van der Waals surface area contributed by atoms with Crippen LogP contribution in [0.5, 0.6) is 0 Å². The van der Waals surface area contributed by atoms with Gasteiger partial charge in [-0.2, -0.15) is 0 Å². The summed E-state index contributed by atoms with van der Waals surface area (Å²) in [4.78, 5) is 4.26. The van der Waals surface area contributed by atoms with E-state index in [-0.39, 0.29) is 0 Å². The first-order valence-corrected chi connectivity index (χ1v) is 5.20. The number of fused-ring (bicyclic) bond motifs is 1. The van der Waals surface area contributed by atoms with E-state index in [1.165, 1.54) is 0 Å². The molecule has 1 N–H and O–H groups in total. The highest BCUT2D eigenvalue weighted by atomic mass is 35.5. The van der Waals surface area contributed by atoms with Gasteiger partial charge in [0, 0.05) is 10.7 Å². The zero-order valence-corrected chi connectivity index (χ0v) is 9.52. The van der Waals surface area contributed by atoms with Crippen LogP contribution in [0.1, 0.15) is 26.3 Å². The fourth-order valence-corrected chi connectivity index (χ4v) is 1.45. The third-order valence-electron chi connectivity index (χ3n) is 1.87. The van der Waals surface area contributed by atoms with Gasteiger partial charge in [0.1, 0.15) is 0 Å². The number of halogens is 1. The van der Waals surface area contributed by atoms with Crippen molar-refractivity contribution in [2.24, 2.45) is 4.99 Å². The van der Waals surface area contributed by atoms with E-state index in [4.69, 9.17) is 11.6 Å². The Kier molecular flexibility index (Phi) is 3.96. The summed E-state index contributed by atoms with van der Waals surface area (Å²) in [5, 5.41) is 3.95. The van der Waals surface area contributed by atoms with Crippen LogP contribution >= 0.6 is 11.6 Å². The second kappa shape index (κ2) is 5.01. The van der Waals surface area contributed by atoms with Crippen LogP contribution < -0.4 is 5.32 Å². The maximum Gasteiger partial charge on any atom is 0.0979 e. The largest absolute Gasteiger partial charge is 0.344 e. The number of hydrogen-bond donors (Lipinski definition) is 1. The van der Waals surface area contributed by atoms with Crippen LogP contribution in [0.3, 0.4) is 0 Å². The molecule has 1 aliphatic heterocycles. The summed E-state index contributed by atoms with van der Waals surface area (Å²) >= 11 is 5.84. The van der Waals surface area contributed by atoms with Crippen LogP contribution in [0.4, 0.5) is 5.69 Å². The molecule has 0 amide bonds. The molecule has 76 valence electrons. The van der Waals surface area contributed by atoms with Crippen molar-refractivity contribution in [2.75, 3.05) is 5.32 Å². The summed E-state index contributed by atoms with van der Waals surface area (Å²) in [6.45, 7) is 6.69. The van der Waals surface area contributed by atoms with Crippen molar-refractivity contribution in [3.05, 3.63) is 28.8 Å². The number of nitrogens with zero attached hydrogens (tertiary/aromatic N) is 1. The zero-order chi connectivity index (χ0) is 10.6. The van der Waals surface area contributed by atoms with Crippen molar-refractivity contribution < 1.29 is 0 Å². The lowest BCUT2D eigenvalue weighted by atomic mass is 10.1. The van der Waals surface area contributed by atoms with E-state index in [1.807, 2.05) is 39.0 Å². The maximum atomic E-state index is 5.84. The van der Waals surface area contributed by atoms with Gasteiger partial charge in [0.05, 0.1) is 12.4 Å². The minimum absolute atomic E-state index is 0.731. The number of aliphatic imine (C=N–C) groups is 1. The zero-order valence-electron chi connectivity index (χ0n) is 8.76. The van der Waals surface area contributed by atoms with Crippen molar-refractivity contribution >= 4 is 23.1 Å². The smallest absolute Gasteiger partial charge is 0.0979 e. The topological polar surface area (TPSA) is 24.4 Å². The lowest BCUT2D eigenvalue weighted by molar-refractivity contribution is 1.04. The number of anilines is 1. The van der Waals surface area contributed by atoms with Gasteiger partial charge in [0.25, 0.3) is 0 Å². The Morgan fingerprint density at radius 3 is 2.79 bits per heavy atom. The molecule has 0 bridgehead atoms. The fraction of sp³-hybridized carbons (Fsp3) is 0.364. The highest BCUT2D eigenvalue weighted by Gasteiger charge is 2.07. The molecule has 1 aliphatic rings. The van der Waals surface area contributed by atoms with E-state index in [0.29, 0.717) is 0 Å². The van der Waals surface area contributed by atoms with E-state index in [1.54, 1.807) is 0 Å². The second-order valence-electron chi connectivity index (χ2n) is 2.83. The molecule has 0 unspecified atom stereocenters. The van der Waals surface area contributed by atoms with E-state index in [0.717, 1.165) is 28.7 Å². The molecule has 0 spiro atoms. The lowest BCUT2D eigenvalue weighted by Crippen LogP contribution is -2.13. The monoisotopic (exact) mass is 210 g/mol. The van der Waals surface area contributed by atoms with Crippen LogP contribution in [0.25, 0.3) is 0 Å². The SMILES string of the molecule is CC.CC1=NCc2cc(Cl)ccc2N1. The summed E-state index contributed by atoms with van der Waals surface area (Å²) < 4.78 is 0. The molecule has 0 aliphatic carbocycles. The Hall–Kier alpha value is -1.02. The number of amidine groups is 1. The number of benzene rings is 1. The Balaban J connectivity index is 0.000000461. The van der Waals surface area contributed by atoms with Crippen molar-refractivity contribution in [3.63, 3.8) is 0 Å². The number of hydrogen-bond acceptors (Lipinski definition) is 2.